The molecule has 19 heavy (non-hydrogen) atoms. The van der Waals surface area contributed by atoms with Crippen LogP contribution in [0.15, 0.2) is 30.5 Å². The summed E-state index contributed by atoms with van der Waals surface area (Å²) in [5.41, 5.74) is 3.20. The Kier molecular flexibility index (Phi) is 2.95. The van der Waals surface area contributed by atoms with Crippen LogP contribution < -0.4 is 0 Å². The van der Waals surface area contributed by atoms with E-state index in [1.165, 1.54) is 11.1 Å². The minimum atomic E-state index is 0.456. The van der Waals surface area contributed by atoms with Crippen molar-refractivity contribution in [2.45, 2.75) is 20.4 Å². The van der Waals surface area contributed by atoms with Crippen molar-refractivity contribution >= 4 is 22.6 Å². The molecule has 4 nitrogen and oxygen atoms in total. The highest BCUT2D eigenvalue weighted by molar-refractivity contribution is 6.33. The SMILES string of the molecule is Cc1cccc(Cn2ncc3c(Cl)nc(C)nc32)c1. The lowest BCUT2D eigenvalue weighted by atomic mass is 10.1. The van der Waals surface area contributed by atoms with Crippen LogP contribution in [0.25, 0.3) is 11.0 Å². The van der Waals surface area contributed by atoms with Crippen LogP contribution in [0.3, 0.4) is 0 Å². The van der Waals surface area contributed by atoms with E-state index in [4.69, 9.17) is 11.6 Å². The molecular weight excluding hydrogens is 260 g/mol. The predicted octanol–water partition coefficient (Wildman–Crippen LogP) is 3.14. The molecule has 0 saturated carbocycles. The van der Waals surface area contributed by atoms with Crippen LogP contribution >= 0.6 is 11.6 Å². The molecule has 2 heterocycles. The number of nitrogens with zero attached hydrogens (tertiary/aromatic N) is 4. The van der Waals surface area contributed by atoms with Crippen molar-refractivity contribution in [1.82, 2.24) is 19.7 Å². The van der Waals surface area contributed by atoms with E-state index in [9.17, 15) is 0 Å². The number of aromatic nitrogens is 4. The summed E-state index contributed by atoms with van der Waals surface area (Å²) in [6, 6.07) is 8.34. The molecule has 1 aromatic carbocycles. The van der Waals surface area contributed by atoms with Crippen molar-refractivity contribution in [3.05, 3.63) is 52.6 Å². The van der Waals surface area contributed by atoms with E-state index >= 15 is 0 Å². The quantitative estimate of drug-likeness (QED) is 0.673. The van der Waals surface area contributed by atoms with Gasteiger partial charge in [0.25, 0.3) is 0 Å². The Hall–Kier alpha value is -1.94. The minimum Gasteiger partial charge on any atom is -0.243 e. The molecule has 0 radical (unpaired) electrons. The van der Waals surface area contributed by atoms with Crippen LogP contribution in [0.4, 0.5) is 0 Å². The van der Waals surface area contributed by atoms with E-state index < -0.39 is 0 Å². The molecule has 5 heteroatoms. The smallest absolute Gasteiger partial charge is 0.163 e. The number of hydrogen-bond acceptors (Lipinski definition) is 3. The minimum absolute atomic E-state index is 0.456. The average molecular weight is 273 g/mol. The zero-order valence-corrected chi connectivity index (χ0v) is 11.5. The summed E-state index contributed by atoms with van der Waals surface area (Å²) in [4.78, 5) is 8.56. The average Bonchev–Trinajstić information content (AvgIpc) is 2.73. The molecule has 3 aromatic rings. The second-order valence-electron chi connectivity index (χ2n) is 4.59. The third-order valence-corrected chi connectivity index (χ3v) is 3.26. The summed E-state index contributed by atoms with van der Waals surface area (Å²) in [6.45, 7) is 4.58. The highest BCUT2D eigenvalue weighted by atomic mass is 35.5. The van der Waals surface area contributed by atoms with Crippen molar-refractivity contribution in [3.8, 4) is 0 Å². The van der Waals surface area contributed by atoms with Gasteiger partial charge in [-0.15, -0.1) is 0 Å². The van der Waals surface area contributed by atoms with Crippen molar-refractivity contribution in [1.29, 1.82) is 0 Å². The molecule has 0 fully saturated rings. The van der Waals surface area contributed by atoms with E-state index in [-0.39, 0.29) is 0 Å². The molecule has 0 aliphatic carbocycles. The zero-order chi connectivity index (χ0) is 13.4. The number of halogens is 1. The number of rotatable bonds is 2. The summed E-state index contributed by atoms with van der Waals surface area (Å²) in [5.74, 6) is 0.656. The van der Waals surface area contributed by atoms with Crippen molar-refractivity contribution in [2.75, 3.05) is 0 Å². The third kappa shape index (κ3) is 2.31. The summed E-state index contributed by atoms with van der Waals surface area (Å²) in [7, 11) is 0. The number of aryl methyl sites for hydroxylation is 2. The maximum absolute atomic E-state index is 6.10. The Morgan fingerprint density at radius 1 is 1.21 bits per heavy atom. The molecule has 2 aromatic heterocycles. The van der Waals surface area contributed by atoms with Crippen LogP contribution in [0.2, 0.25) is 5.15 Å². The lowest BCUT2D eigenvalue weighted by Gasteiger charge is -2.05. The van der Waals surface area contributed by atoms with Crippen molar-refractivity contribution < 1.29 is 0 Å². The standard InChI is InChI=1S/C14H13ClN4/c1-9-4-3-5-11(6-9)8-19-14-12(7-16-19)13(15)17-10(2)18-14/h3-7H,8H2,1-2H3. The summed E-state index contributed by atoms with van der Waals surface area (Å²) < 4.78 is 1.85. The first kappa shape index (κ1) is 12.1. The van der Waals surface area contributed by atoms with Gasteiger partial charge < -0.3 is 0 Å². The molecule has 3 rings (SSSR count). The summed E-state index contributed by atoms with van der Waals surface area (Å²) in [6.07, 6.45) is 1.72. The molecule has 96 valence electrons. The maximum Gasteiger partial charge on any atom is 0.163 e. The second-order valence-corrected chi connectivity index (χ2v) is 4.95. The number of fused-ring (bicyclic) bond motifs is 1. The maximum atomic E-state index is 6.10. The lowest BCUT2D eigenvalue weighted by molar-refractivity contribution is 0.702. The van der Waals surface area contributed by atoms with Crippen LogP contribution in [0.1, 0.15) is 17.0 Å². The molecule has 0 aliphatic rings. The van der Waals surface area contributed by atoms with Crippen LogP contribution in [0.5, 0.6) is 0 Å². The highest BCUT2D eigenvalue weighted by Gasteiger charge is 2.10. The van der Waals surface area contributed by atoms with E-state index in [1.807, 2.05) is 17.7 Å². The highest BCUT2D eigenvalue weighted by Crippen LogP contribution is 2.20. The first-order valence-corrected chi connectivity index (χ1v) is 6.42. The van der Waals surface area contributed by atoms with Gasteiger partial charge in [-0.05, 0) is 19.4 Å². The van der Waals surface area contributed by atoms with Gasteiger partial charge in [-0.3, -0.25) is 0 Å². The van der Waals surface area contributed by atoms with Gasteiger partial charge in [0.2, 0.25) is 0 Å². The van der Waals surface area contributed by atoms with Crippen molar-refractivity contribution in [2.24, 2.45) is 0 Å². The molecule has 0 atom stereocenters. The van der Waals surface area contributed by atoms with Gasteiger partial charge in [0.1, 0.15) is 11.0 Å². The van der Waals surface area contributed by atoms with E-state index in [0.29, 0.717) is 17.5 Å². The monoisotopic (exact) mass is 272 g/mol. The van der Waals surface area contributed by atoms with Crippen molar-refractivity contribution in [3.63, 3.8) is 0 Å². The van der Waals surface area contributed by atoms with Gasteiger partial charge in [0, 0.05) is 0 Å². The van der Waals surface area contributed by atoms with Gasteiger partial charge in [-0.1, -0.05) is 41.4 Å². The first-order valence-electron chi connectivity index (χ1n) is 6.05. The normalized spacial score (nSPS) is 11.1. The molecule has 0 amide bonds. The van der Waals surface area contributed by atoms with Gasteiger partial charge in [0.15, 0.2) is 5.65 Å². The Morgan fingerprint density at radius 2 is 2.05 bits per heavy atom. The summed E-state index contributed by atoms with van der Waals surface area (Å²) >= 11 is 6.10. The van der Waals surface area contributed by atoms with Crippen LogP contribution in [0, 0.1) is 13.8 Å². The Bertz CT molecular complexity index is 748. The van der Waals surface area contributed by atoms with E-state index in [0.717, 1.165) is 11.0 Å². The Balaban J connectivity index is 2.06. The molecule has 0 aliphatic heterocycles. The van der Waals surface area contributed by atoms with Gasteiger partial charge >= 0.3 is 0 Å². The molecular formula is C14H13ClN4. The van der Waals surface area contributed by atoms with Gasteiger partial charge in [0.05, 0.1) is 18.1 Å². The molecule has 0 saturated heterocycles. The largest absolute Gasteiger partial charge is 0.243 e. The second kappa shape index (κ2) is 4.63. The molecule has 0 bridgehead atoms. The fourth-order valence-electron chi connectivity index (χ4n) is 2.12. The molecule has 0 spiro atoms. The predicted molar refractivity (Wildman–Crippen MR) is 75.4 cm³/mol. The number of benzene rings is 1. The van der Waals surface area contributed by atoms with Crippen LogP contribution in [-0.2, 0) is 6.54 Å². The Labute approximate surface area is 116 Å². The fraction of sp³-hybridized carbons (Fsp3) is 0.214. The van der Waals surface area contributed by atoms with E-state index in [2.05, 4.69) is 40.2 Å². The number of hydrogen-bond donors (Lipinski definition) is 0. The molecule has 0 unspecified atom stereocenters. The first-order chi connectivity index (χ1) is 9.13. The third-order valence-electron chi connectivity index (χ3n) is 2.98. The van der Waals surface area contributed by atoms with Gasteiger partial charge in [-0.2, -0.15) is 5.10 Å². The van der Waals surface area contributed by atoms with Gasteiger partial charge in [-0.25, -0.2) is 14.6 Å². The molecule has 0 N–H and O–H groups in total. The lowest BCUT2D eigenvalue weighted by Crippen LogP contribution is -2.03. The summed E-state index contributed by atoms with van der Waals surface area (Å²) in [5, 5.41) is 5.60. The van der Waals surface area contributed by atoms with Crippen LogP contribution in [-0.4, -0.2) is 19.7 Å². The fourth-order valence-corrected chi connectivity index (χ4v) is 2.38. The van der Waals surface area contributed by atoms with E-state index in [1.54, 1.807) is 6.20 Å². The Morgan fingerprint density at radius 3 is 2.84 bits per heavy atom. The zero-order valence-electron chi connectivity index (χ0n) is 10.8. The topological polar surface area (TPSA) is 43.6 Å².